The van der Waals surface area contributed by atoms with Crippen LogP contribution >= 0.6 is 24.2 Å². The fourth-order valence-electron chi connectivity index (χ4n) is 2.45. The maximum atomic E-state index is 13.2. The lowest BCUT2D eigenvalue weighted by Crippen LogP contribution is -2.26. The molecule has 0 amide bonds. The molecule has 1 aliphatic rings. The average molecular weight is 409 g/mol. The van der Waals surface area contributed by atoms with Gasteiger partial charge in [-0.15, -0.1) is 0 Å². The highest BCUT2D eigenvalue weighted by molar-refractivity contribution is 7.81. The van der Waals surface area contributed by atoms with Gasteiger partial charge in [-0.3, -0.25) is 0 Å². The van der Waals surface area contributed by atoms with E-state index < -0.39 is 0 Å². The van der Waals surface area contributed by atoms with Crippen LogP contribution in [0, 0.1) is 0 Å². The molecule has 148 valence electrons. The molecule has 0 saturated carbocycles. The molecule has 0 aromatic heterocycles. The highest BCUT2D eigenvalue weighted by atomic mass is 35.5. The number of dihydropyridines is 1. The van der Waals surface area contributed by atoms with Gasteiger partial charge in [0.25, 0.3) is 0 Å². The molecule has 2 N–H and O–H groups in total. The zero-order valence-corrected chi connectivity index (χ0v) is 18.4. The second-order valence-corrected chi connectivity index (χ2v) is 7.87. The van der Waals surface area contributed by atoms with Gasteiger partial charge in [0, 0.05) is 33.9 Å². The van der Waals surface area contributed by atoms with Gasteiger partial charge in [0.2, 0.25) is 0 Å². The lowest BCUT2D eigenvalue weighted by molar-refractivity contribution is 0.664. The van der Waals surface area contributed by atoms with Gasteiger partial charge in [-0.05, 0) is 76.0 Å². The molecule has 0 spiro atoms. The molecule has 2 nitrogen and oxygen atoms in total. The number of halogens is 2. The van der Waals surface area contributed by atoms with E-state index in [4.69, 9.17) is 11.6 Å². The summed E-state index contributed by atoms with van der Waals surface area (Å²) in [5.74, 6) is -0.297. The quantitative estimate of drug-likeness (QED) is 0.317. The summed E-state index contributed by atoms with van der Waals surface area (Å²) in [4.78, 5) is 0. The third-order valence-corrected chi connectivity index (χ3v) is 4.90. The van der Waals surface area contributed by atoms with Crippen molar-refractivity contribution < 1.29 is 4.39 Å². The van der Waals surface area contributed by atoms with E-state index in [0.717, 1.165) is 28.1 Å². The van der Waals surface area contributed by atoms with E-state index >= 15 is 0 Å². The highest BCUT2D eigenvalue weighted by Crippen LogP contribution is 2.25. The number of thiol groups is 1. The molecule has 0 aromatic rings. The van der Waals surface area contributed by atoms with E-state index in [9.17, 15) is 4.39 Å². The minimum absolute atomic E-state index is 0.154. The van der Waals surface area contributed by atoms with Crippen molar-refractivity contribution in [3.05, 3.63) is 82.1 Å². The third kappa shape index (κ3) is 8.27. The van der Waals surface area contributed by atoms with Crippen molar-refractivity contribution in [1.82, 2.24) is 10.6 Å². The molecule has 1 rings (SSSR count). The lowest BCUT2D eigenvalue weighted by atomic mass is 10.0. The van der Waals surface area contributed by atoms with E-state index in [-0.39, 0.29) is 17.1 Å². The van der Waals surface area contributed by atoms with Gasteiger partial charge in [0.1, 0.15) is 5.83 Å². The molecular weight excluding hydrogens is 379 g/mol. The molecule has 0 aromatic carbocycles. The van der Waals surface area contributed by atoms with Gasteiger partial charge < -0.3 is 10.6 Å². The molecule has 2 atom stereocenters. The van der Waals surface area contributed by atoms with Crippen LogP contribution in [0.4, 0.5) is 4.39 Å². The fourth-order valence-corrected chi connectivity index (χ4v) is 2.86. The van der Waals surface area contributed by atoms with E-state index in [0.29, 0.717) is 11.5 Å². The SMILES string of the molecule is C=C(/C=C\C(F)=C/C)C(S)CC(/C=C(/C)NC1=CC(C)NC=C1C)=C(/C)Cl. The molecule has 1 heterocycles. The fraction of sp³-hybridized carbons (Fsp3) is 0.364. The maximum absolute atomic E-state index is 13.2. The van der Waals surface area contributed by atoms with E-state index in [2.05, 4.69) is 49.8 Å². The highest BCUT2D eigenvalue weighted by Gasteiger charge is 2.12. The minimum Gasteiger partial charge on any atom is -0.385 e. The monoisotopic (exact) mass is 408 g/mol. The van der Waals surface area contributed by atoms with E-state index in [1.54, 1.807) is 13.0 Å². The Kier molecular flexibility index (Phi) is 9.75. The van der Waals surface area contributed by atoms with Crippen molar-refractivity contribution in [1.29, 1.82) is 0 Å². The van der Waals surface area contributed by atoms with Crippen molar-refractivity contribution in [3.63, 3.8) is 0 Å². The van der Waals surface area contributed by atoms with Gasteiger partial charge >= 0.3 is 0 Å². The summed E-state index contributed by atoms with van der Waals surface area (Å²) in [6.45, 7) is 13.6. The van der Waals surface area contributed by atoms with Crippen LogP contribution in [0.2, 0.25) is 0 Å². The summed E-state index contributed by atoms with van der Waals surface area (Å²) < 4.78 is 13.2. The Hall–Kier alpha value is -1.65. The molecule has 27 heavy (non-hydrogen) atoms. The Labute approximate surface area is 173 Å². The molecule has 0 radical (unpaired) electrons. The standard InChI is InChI=1S/C22H30ClFN2S/c1-7-20(24)9-8-14(2)22(27)12-19(18(6)23)10-17(5)26-21-11-16(4)25-13-15(21)3/h7-11,13,16,22,25-27H,2,12H2,1,3-6H3/b9-8-,17-10-,19-18-,20-7+. The Balaban J connectivity index is 2.86. The summed E-state index contributed by atoms with van der Waals surface area (Å²) in [6, 6.07) is 0.281. The van der Waals surface area contributed by atoms with Crippen LogP contribution in [0.25, 0.3) is 0 Å². The van der Waals surface area contributed by atoms with E-state index in [1.165, 1.54) is 12.2 Å². The first-order valence-electron chi connectivity index (χ1n) is 8.96. The smallest absolute Gasteiger partial charge is 0.118 e. The molecule has 2 unspecified atom stereocenters. The largest absolute Gasteiger partial charge is 0.385 e. The second kappa shape index (κ2) is 11.3. The van der Waals surface area contributed by atoms with Gasteiger partial charge in [-0.1, -0.05) is 30.3 Å². The van der Waals surface area contributed by atoms with E-state index in [1.807, 2.05) is 26.1 Å². The van der Waals surface area contributed by atoms with Gasteiger partial charge in [-0.2, -0.15) is 12.6 Å². The first kappa shape index (κ1) is 23.4. The van der Waals surface area contributed by atoms with Crippen LogP contribution in [0.5, 0.6) is 0 Å². The Morgan fingerprint density at radius 1 is 1.44 bits per heavy atom. The van der Waals surface area contributed by atoms with Crippen molar-refractivity contribution in [2.45, 2.75) is 52.3 Å². The first-order chi connectivity index (χ1) is 12.6. The van der Waals surface area contributed by atoms with Crippen LogP contribution in [0.1, 0.15) is 41.0 Å². The normalized spacial score (nSPS) is 20.5. The predicted octanol–water partition coefficient (Wildman–Crippen LogP) is 6.45. The molecule has 0 saturated heterocycles. The predicted molar refractivity (Wildman–Crippen MR) is 120 cm³/mol. The summed E-state index contributed by atoms with van der Waals surface area (Å²) in [5.41, 5.74) is 4.91. The van der Waals surface area contributed by atoms with Crippen LogP contribution in [-0.4, -0.2) is 11.3 Å². The Bertz CT molecular complexity index is 737. The summed E-state index contributed by atoms with van der Waals surface area (Å²) in [7, 11) is 0. The second-order valence-electron chi connectivity index (χ2n) is 6.68. The lowest BCUT2D eigenvalue weighted by Gasteiger charge is -2.21. The zero-order valence-electron chi connectivity index (χ0n) is 16.7. The van der Waals surface area contributed by atoms with Crippen LogP contribution < -0.4 is 10.6 Å². The van der Waals surface area contributed by atoms with Crippen LogP contribution in [0.15, 0.2) is 82.1 Å². The molecule has 0 aliphatic carbocycles. The van der Waals surface area contributed by atoms with Crippen molar-refractivity contribution in [3.8, 4) is 0 Å². The van der Waals surface area contributed by atoms with Crippen LogP contribution in [-0.2, 0) is 0 Å². The minimum atomic E-state index is -0.297. The molecule has 1 aliphatic heterocycles. The molecule has 5 heteroatoms. The summed E-state index contributed by atoms with van der Waals surface area (Å²) in [6.07, 6.45) is 11.2. The van der Waals surface area contributed by atoms with Gasteiger partial charge in [0.15, 0.2) is 0 Å². The average Bonchev–Trinajstić information content (AvgIpc) is 2.61. The summed E-state index contributed by atoms with van der Waals surface area (Å²) >= 11 is 10.9. The Morgan fingerprint density at radius 2 is 2.11 bits per heavy atom. The topological polar surface area (TPSA) is 24.1 Å². The number of nitrogens with one attached hydrogen (secondary N) is 2. The molecule has 0 fully saturated rings. The number of hydrogen-bond acceptors (Lipinski definition) is 3. The molecule has 0 bridgehead atoms. The number of allylic oxidation sites excluding steroid dienone is 9. The van der Waals surface area contributed by atoms with Crippen molar-refractivity contribution >= 4 is 24.2 Å². The Morgan fingerprint density at radius 3 is 2.70 bits per heavy atom. The van der Waals surface area contributed by atoms with Crippen LogP contribution in [0.3, 0.4) is 0 Å². The summed E-state index contributed by atoms with van der Waals surface area (Å²) in [5, 5.41) is 7.25. The number of hydrogen-bond donors (Lipinski definition) is 3. The van der Waals surface area contributed by atoms with Gasteiger partial charge in [-0.25, -0.2) is 4.39 Å². The van der Waals surface area contributed by atoms with Gasteiger partial charge in [0.05, 0.1) is 0 Å². The van der Waals surface area contributed by atoms with Crippen molar-refractivity contribution in [2.75, 3.05) is 0 Å². The first-order valence-corrected chi connectivity index (χ1v) is 9.85. The van der Waals surface area contributed by atoms with Crippen molar-refractivity contribution in [2.24, 2.45) is 0 Å². The number of rotatable bonds is 8. The third-order valence-electron chi connectivity index (χ3n) is 4.14. The maximum Gasteiger partial charge on any atom is 0.118 e. The molecular formula is C22H30ClFN2S. The zero-order chi connectivity index (χ0) is 20.6.